The highest BCUT2D eigenvalue weighted by atomic mass is 32.2. The second kappa shape index (κ2) is 6.29. The number of fused-ring (bicyclic) bond motifs is 1. The van der Waals surface area contributed by atoms with Gasteiger partial charge in [0.25, 0.3) is 6.01 Å². The first-order valence-corrected chi connectivity index (χ1v) is 8.10. The zero-order valence-corrected chi connectivity index (χ0v) is 12.9. The summed E-state index contributed by atoms with van der Waals surface area (Å²) in [5.41, 5.74) is 3.66. The first-order chi connectivity index (χ1) is 10.7. The zero-order valence-electron chi connectivity index (χ0n) is 12.1. The van der Waals surface area contributed by atoms with Crippen LogP contribution < -0.4 is 4.74 Å². The number of hydrogen-bond donors (Lipinski definition) is 1. The monoisotopic (exact) mass is 316 g/mol. The standard InChI is InChI=1S/C16H16N2O3S/c1-21-16-17-14-8-4-5-9-15(14)18(16)10-12-6-2-3-7-13(12)11-22(19)20/h2-9H,10-11H2,1H3,(H,19,20). The van der Waals surface area contributed by atoms with Crippen molar-refractivity contribution >= 4 is 22.1 Å². The van der Waals surface area contributed by atoms with Gasteiger partial charge >= 0.3 is 0 Å². The van der Waals surface area contributed by atoms with Gasteiger partial charge in [0.15, 0.2) is 11.1 Å². The molecule has 1 N–H and O–H groups in total. The normalized spacial score (nSPS) is 12.5. The molecule has 0 radical (unpaired) electrons. The Kier molecular flexibility index (Phi) is 4.22. The summed E-state index contributed by atoms with van der Waals surface area (Å²) in [5, 5.41) is 0. The fourth-order valence-electron chi connectivity index (χ4n) is 2.52. The van der Waals surface area contributed by atoms with E-state index in [1.807, 2.05) is 53.1 Å². The number of imidazole rings is 1. The van der Waals surface area contributed by atoms with Crippen LogP contribution >= 0.6 is 0 Å². The maximum Gasteiger partial charge on any atom is 0.297 e. The lowest BCUT2D eigenvalue weighted by Crippen LogP contribution is -2.06. The molecule has 0 saturated heterocycles. The molecule has 0 saturated carbocycles. The van der Waals surface area contributed by atoms with E-state index in [1.165, 1.54) is 0 Å². The Morgan fingerprint density at radius 3 is 2.55 bits per heavy atom. The third-order valence-corrected chi connectivity index (χ3v) is 4.09. The average molecular weight is 316 g/mol. The molecule has 0 aliphatic heterocycles. The summed E-state index contributed by atoms with van der Waals surface area (Å²) in [6, 6.07) is 15.9. The minimum atomic E-state index is -1.87. The summed E-state index contributed by atoms with van der Waals surface area (Å²) in [6.45, 7) is 0.539. The number of para-hydroxylation sites is 2. The molecule has 0 aliphatic rings. The summed E-state index contributed by atoms with van der Waals surface area (Å²) in [5.74, 6) is 0.116. The van der Waals surface area contributed by atoms with Crippen LogP contribution in [0.2, 0.25) is 0 Å². The van der Waals surface area contributed by atoms with E-state index in [2.05, 4.69) is 4.98 Å². The van der Waals surface area contributed by atoms with Crippen molar-refractivity contribution < 1.29 is 13.5 Å². The summed E-state index contributed by atoms with van der Waals surface area (Å²) in [7, 11) is 1.59. The molecule has 1 atom stereocenters. The van der Waals surface area contributed by atoms with Crippen molar-refractivity contribution in [3.63, 3.8) is 0 Å². The van der Waals surface area contributed by atoms with Gasteiger partial charge in [-0.2, -0.15) is 4.98 Å². The third-order valence-electron chi connectivity index (χ3n) is 3.53. The minimum Gasteiger partial charge on any atom is -0.468 e. The van der Waals surface area contributed by atoms with Gasteiger partial charge in [0.05, 0.1) is 30.4 Å². The highest BCUT2D eigenvalue weighted by molar-refractivity contribution is 7.78. The minimum absolute atomic E-state index is 0.116. The highest BCUT2D eigenvalue weighted by Crippen LogP contribution is 2.23. The van der Waals surface area contributed by atoms with Crippen LogP contribution in [0.5, 0.6) is 6.01 Å². The van der Waals surface area contributed by atoms with Crippen LogP contribution in [0.4, 0.5) is 0 Å². The van der Waals surface area contributed by atoms with Crippen LogP contribution in [0.1, 0.15) is 11.1 Å². The molecule has 0 aliphatic carbocycles. The van der Waals surface area contributed by atoms with Gasteiger partial charge in [-0.3, -0.25) is 4.57 Å². The Balaban J connectivity index is 2.05. The SMILES string of the molecule is COc1nc2ccccc2n1Cc1ccccc1CS(=O)O. The van der Waals surface area contributed by atoms with E-state index in [0.29, 0.717) is 12.6 Å². The Morgan fingerprint density at radius 2 is 1.82 bits per heavy atom. The van der Waals surface area contributed by atoms with Crippen LogP contribution in [0.3, 0.4) is 0 Å². The van der Waals surface area contributed by atoms with E-state index in [-0.39, 0.29) is 5.75 Å². The molecule has 0 fully saturated rings. The number of ether oxygens (including phenoxy) is 1. The topological polar surface area (TPSA) is 64.4 Å². The predicted molar refractivity (Wildman–Crippen MR) is 86.3 cm³/mol. The van der Waals surface area contributed by atoms with Crippen LogP contribution in [0.15, 0.2) is 48.5 Å². The maximum absolute atomic E-state index is 11.1. The predicted octanol–water partition coefficient (Wildman–Crippen LogP) is 2.81. The Bertz CT molecular complexity index is 829. The lowest BCUT2D eigenvalue weighted by molar-refractivity contribution is 0.364. The Morgan fingerprint density at radius 1 is 1.14 bits per heavy atom. The molecule has 6 heteroatoms. The van der Waals surface area contributed by atoms with Gasteiger partial charge in [0, 0.05) is 0 Å². The number of methoxy groups -OCH3 is 1. The van der Waals surface area contributed by atoms with Gasteiger partial charge in [-0.05, 0) is 23.3 Å². The van der Waals surface area contributed by atoms with E-state index in [9.17, 15) is 4.21 Å². The van der Waals surface area contributed by atoms with Crippen molar-refractivity contribution in [3.8, 4) is 6.01 Å². The lowest BCUT2D eigenvalue weighted by Gasteiger charge is -2.11. The Hall–Kier alpha value is -2.18. The van der Waals surface area contributed by atoms with E-state index < -0.39 is 11.1 Å². The highest BCUT2D eigenvalue weighted by Gasteiger charge is 2.13. The molecule has 114 valence electrons. The second-order valence-electron chi connectivity index (χ2n) is 4.91. The fourth-order valence-corrected chi connectivity index (χ4v) is 3.07. The number of nitrogens with zero attached hydrogens (tertiary/aromatic N) is 2. The molecule has 1 aromatic heterocycles. The molecule has 0 bridgehead atoms. The zero-order chi connectivity index (χ0) is 15.5. The van der Waals surface area contributed by atoms with Gasteiger partial charge in [0.2, 0.25) is 0 Å². The number of benzene rings is 2. The number of hydrogen-bond acceptors (Lipinski definition) is 3. The largest absolute Gasteiger partial charge is 0.468 e. The maximum atomic E-state index is 11.1. The molecule has 3 aromatic rings. The van der Waals surface area contributed by atoms with Crippen LogP contribution in [-0.2, 0) is 23.4 Å². The first kappa shape index (κ1) is 14.7. The molecule has 22 heavy (non-hydrogen) atoms. The Labute approximate surface area is 130 Å². The molecule has 0 spiro atoms. The number of rotatable bonds is 5. The smallest absolute Gasteiger partial charge is 0.297 e. The molecule has 1 unspecified atom stereocenters. The van der Waals surface area contributed by atoms with E-state index in [4.69, 9.17) is 9.29 Å². The summed E-state index contributed by atoms with van der Waals surface area (Å²) < 4.78 is 27.6. The fraction of sp³-hybridized carbons (Fsp3) is 0.188. The molecular formula is C16H16N2O3S. The van der Waals surface area contributed by atoms with E-state index in [1.54, 1.807) is 7.11 Å². The van der Waals surface area contributed by atoms with Gasteiger partial charge in [-0.25, -0.2) is 4.21 Å². The molecule has 3 rings (SSSR count). The molecule has 2 aromatic carbocycles. The van der Waals surface area contributed by atoms with Crippen molar-refractivity contribution in [3.05, 3.63) is 59.7 Å². The summed E-state index contributed by atoms with van der Waals surface area (Å²) in [4.78, 5) is 4.45. The first-order valence-electron chi connectivity index (χ1n) is 6.82. The van der Waals surface area contributed by atoms with Gasteiger partial charge in [0.1, 0.15) is 0 Å². The van der Waals surface area contributed by atoms with E-state index in [0.717, 1.165) is 22.2 Å². The average Bonchev–Trinajstić information content (AvgIpc) is 2.87. The molecule has 1 heterocycles. The molecular weight excluding hydrogens is 300 g/mol. The summed E-state index contributed by atoms with van der Waals surface area (Å²) in [6.07, 6.45) is 0. The van der Waals surface area contributed by atoms with Crippen LogP contribution in [0, 0.1) is 0 Å². The molecule has 0 amide bonds. The quantitative estimate of drug-likeness (QED) is 0.735. The van der Waals surface area contributed by atoms with Gasteiger partial charge in [-0.1, -0.05) is 36.4 Å². The lowest BCUT2D eigenvalue weighted by atomic mass is 10.1. The molecule has 5 nitrogen and oxygen atoms in total. The van der Waals surface area contributed by atoms with Crippen LogP contribution in [0.25, 0.3) is 11.0 Å². The van der Waals surface area contributed by atoms with Crippen molar-refractivity contribution in [2.45, 2.75) is 12.3 Å². The van der Waals surface area contributed by atoms with Crippen molar-refractivity contribution in [2.24, 2.45) is 0 Å². The van der Waals surface area contributed by atoms with Gasteiger partial charge < -0.3 is 9.29 Å². The van der Waals surface area contributed by atoms with Crippen molar-refractivity contribution in [1.29, 1.82) is 0 Å². The summed E-state index contributed by atoms with van der Waals surface area (Å²) >= 11 is -1.87. The van der Waals surface area contributed by atoms with Gasteiger partial charge in [-0.15, -0.1) is 0 Å². The second-order valence-corrected chi connectivity index (χ2v) is 5.84. The number of aromatic nitrogens is 2. The third kappa shape index (κ3) is 2.88. The van der Waals surface area contributed by atoms with E-state index >= 15 is 0 Å². The van der Waals surface area contributed by atoms with Crippen molar-refractivity contribution in [1.82, 2.24) is 9.55 Å². The van der Waals surface area contributed by atoms with Crippen LogP contribution in [-0.4, -0.2) is 25.4 Å². The van der Waals surface area contributed by atoms with Crippen molar-refractivity contribution in [2.75, 3.05) is 7.11 Å².